The second-order valence-corrected chi connectivity index (χ2v) is 5.24. The Morgan fingerprint density at radius 2 is 1.75 bits per heavy atom. The van der Waals surface area contributed by atoms with Crippen LogP contribution in [-0.4, -0.2) is 11.4 Å². The molecule has 0 unspecified atom stereocenters. The lowest BCUT2D eigenvalue weighted by molar-refractivity contribution is -0.137. The Kier molecular flexibility index (Phi) is 4.04. The molecule has 1 fully saturated rings. The number of amides is 1. The number of rotatable bonds is 3. The van der Waals surface area contributed by atoms with E-state index in [1.165, 1.54) is 12.1 Å². The van der Waals surface area contributed by atoms with Crippen molar-refractivity contribution in [2.24, 2.45) is 5.73 Å². The Bertz CT molecular complexity index is 476. The van der Waals surface area contributed by atoms with Crippen LogP contribution in [0.3, 0.4) is 0 Å². The summed E-state index contributed by atoms with van der Waals surface area (Å²) >= 11 is 0. The van der Waals surface area contributed by atoms with E-state index in [0.717, 1.165) is 25.0 Å². The van der Waals surface area contributed by atoms with Gasteiger partial charge in [-0.25, -0.2) is 0 Å². The van der Waals surface area contributed by atoms with E-state index in [4.69, 9.17) is 5.73 Å². The molecule has 1 aromatic rings. The smallest absolute Gasteiger partial charge is 0.350 e. The van der Waals surface area contributed by atoms with E-state index in [9.17, 15) is 18.0 Å². The standard InChI is InChI=1S/C14H17F3N2O/c15-14(16,17)11-5-3-10(4-6-11)9-19-12(20)13(18)7-1-2-8-13/h3-6H,1-2,7-9,18H2,(H,19,20). The average Bonchev–Trinajstić information content (AvgIpc) is 2.84. The van der Waals surface area contributed by atoms with Gasteiger partial charge in [-0.1, -0.05) is 25.0 Å². The molecule has 110 valence electrons. The lowest BCUT2D eigenvalue weighted by Crippen LogP contribution is -2.51. The highest BCUT2D eigenvalue weighted by molar-refractivity contribution is 5.86. The zero-order chi connectivity index (χ0) is 14.8. The van der Waals surface area contributed by atoms with Gasteiger partial charge in [-0.3, -0.25) is 4.79 Å². The number of nitrogens with one attached hydrogen (secondary N) is 1. The third-order valence-corrected chi connectivity index (χ3v) is 3.68. The minimum atomic E-state index is -4.34. The van der Waals surface area contributed by atoms with Crippen LogP contribution < -0.4 is 11.1 Å². The van der Waals surface area contributed by atoms with Crippen molar-refractivity contribution in [3.05, 3.63) is 35.4 Å². The molecule has 3 nitrogen and oxygen atoms in total. The van der Waals surface area contributed by atoms with E-state index in [1.54, 1.807) is 0 Å². The van der Waals surface area contributed by atoms with Crippen LogP contribution in [0.1, 0.15) is 36.8 Å². The van der Waals surface area contributed by atoms with Gasteiger partial charge in [0.2, 0.25) is 5.91 Å². The summed E-state index contributed by atoms with van der Waals surface area (Å²) < 4.78 is 37.2. The van der Waals surface area contributed by atoms with E-state index >= 15 is 0 Å². The Labute approximate surface area is 115 Å². The van der Waals surface area contributed by atoms with Gasteiger partial charge in [-0.05, 0) is 30.5 Å². The first-order chi connectivity index (χ1) is 9.31. The van der Waals surface area contributed by atoms with Crippen molar-refractivity contribution < 1.29 is 18.0 Å². The average molecular weight is 286 g/mol. The van der Waals surface area contributed by atoms with Gasteiger partial charge in [0.25, 0.3) is 0 Å². The maximum Gasteiger partial charge on any atom is 0.416 e. The molecule has 1 aromatic carbocycles. The molecule has 1 amide bonds. The maximum absolute atomic E-state index is 12.4. The molecule has 1 aliphatic carbocycles. The Balaban J connectivity index is 1.93. The second-order valence-electron chi connectivity index (χ2n) is 5.24. The van der Waals surface area contributed by atoms with Gasteiger partial charge in [0.15, 0.2) is 0 Å². The summed E-state index contributed by atoms with van der Waals surface area (Å²) in [4.78, 5) is 12.0. The molecule has 0 atom stereocenters. The summed E-state index contributed by atoms with van der Waals surface area (Å²) in [5, 5.41) is 2.69. The van der Waals surface area contributed by atoms with Crippen LogP contribution in [0.5, 0.6) is 0 Å². The summed E-state index contributed by atoms with van der Waals surface area (Å²) in [7, 11) is 0. The first kappa shape index (κ1) is 14.8. The number of hydrogen-bond acceptors (Lipinski definition) is 2. The molecule has 0 radical (unpaired) electrons. The van der Waals surface area contributed by atoms with E-state index in [0.29, 0.717) is 18.4 Å². The lowest BCUT2D eigenvalue weighted by atomic mass is 9.98. The highest BCUT2D eigenvalue weighted by Crippen LogP contribution is 2.29. The molecule has 0 aromatic heterocycles. The molecule has 6 heteroatoms. The van der Waals surface area contributed by atoms with E-state index in [2.05, 4.69) is 5.32 Å². The van der Waals surface area contributed by atoms with Crippen molar-refractivity contribution in [1.82, 2.24) is 5.32 Å². The van der Waals surface area contributed by atoms with Crippen molar-refractivity contribution >= 4 is 5.91 Å². The summed E-state index contributed by atoms with van der Waals surface area (Å²) in [6, 6.07) is 4.74. The molecule has 0 heterocycles. The topological polar surface area (TPSA) is 55.1 Å². The maximum atomic E-state index is 12.4. The number of benzene rings is 1. The van der Waals surface area contributed by atoms with E-state index in [-0.39, 0.29) is 12.5 Å². The lowest BCUT2D eigenvalue weighted by Gasteiger charge is -2.22. The number of halogens is 3. The number of carbonyl (C=O) groups excluding carboxylic acids is 1. The summed E-state index contributed by atoms with van der Waals surface area (Å²) in [5.74, 6) is -0.227. The molecule has 0 spiro atoms. The van der Waals surface area contributed by atoms with E-state index in [1.807, 2.05) is 0 Å². The minimum Gasteiger partial charge on any atom is -0.350 e. The van der Waals surface area contributed by atoms with Crippen molar-refractivity contribution in [3.63, 3.8) is 0 Å². The summed E-state index contributed by atoms with van der Waals surface area (Å²) in [6.07, 6.45) is -1.15. The molecule has 1 aliphatic rings. The van der Waals surface area contributed by atoms with E-state index < -0.39 is 17.3 Å². The highest BCUT2D eigenvalue weighted by atomic mass is 19.4. The molecular formula is C14H17F3N2O. The monoisotopic (exact) mass is 286 g/mol. The van der Waals surface area contributed by atoms with Crippen LogP contribution in [0, 0.1) is 0 Å². The normalized spacial score (nSPS) is 18.0. The molecular weight excluding hydrogens is 269 g/mol. The zero-order valence-corrected chi connectivity index (χ0v) is 11.0. The van der Waals surface area contributed by atoms with Crippen LogP contribution in [0.2, 0.25) is 0 Å². The first-order valence-corrected chi connectivity index (χ1v) is 6.55. The first-order valence-electron chi connectivity index (χ1n) is 6.55. The van der Waals surface area contributed by atoms with Gasteiger partial charge in [0.1, 0.15) is 0 Å². The van der Waals surface area contributed by atoms with Gasteiger partial charge in [-0.2, -0.15) is 13.2 Å². The van der Waals surface area contributed by atoms with Crippen LogP contribution in [-0.2, 0) is 17.5 Å². The third-order valence-electron chi connectivity index (χ3n) is 3.68. The third kappa shape index (κ3) is 3.30. The zero-order valence-electron chi connectivity index (χ0n) is 11.0. The van der Waals surface area contributed by atoms with Gasteiger partial charge >= 0.3 is 6.18 Å². The Morgan fingerprint density at radius 1 is 1.20 bits per heavy atom. The number of hydrogen-bond donors (Lipinski definition) is 2. The fourth-order valence-corrected chi connectivity index (χ4v) is 2.40. The van der Waals surface area contributed by atoms with Crippen LogP contribution >= 0.6 is 0 Å². The van der Waals surface area contributed by atoms with Gasteiger partial charge in [0.05, 0.1) is 11.1 Å². The SMILES string of the molecule is NC1(C(=O)NCc2ccc(C(F)(F)F)cc2)CCCC1. The fraction of sp³-hybridized carbons (Fsp3) is 0.500. The van der Waals surface area contributed by atoms with Gasteiger partial charge in [-0.15, -0.1) is 0 Å². The number of carbonyl (C=O) groups is 1. The van der Waals surface area contributed by atoms with Crippen molar-refractivity contribution in [1.29, 1.82) is 0 Å². The Morgan fingerprint density at radius 3 is 2.25 bits per heavy atom. The second kappa shape index (κ2) is 5.44. The van der Waals surface area contributed by atoms with Crippen LogP contribution in [0.15, 0.2) is 24.3 Å². The Hall–Kier alpha value is -1.56. The minimum absolute atomic E-state index is 0.190. The van der Waals surface area contributed by atoms with Crippen LogP contribution in [0.4, 0.5) is 13.2 Å². The van der Waals surface area contributed by atoms with Gasteiger partial charge in [0, 0.05) is 6.54 Å². The largest absolute Gasteiger partial charge is 0.416 e. The highest BCUT2D eigenvalue weighted by Gasteiger charge is 2.36. The molecule has 3 N–H and O–H groups in total. The van der Waals surface area contributed by atoms with Crippen molar-refractivity contribution in [2.75, 3.05) is 0 Å². The van der Waals surface area contributed by atoms with Gasteiger partial charge < -0.3 is 11.1 Å². The molecule has 2 rings (SSSR count). The molecule has 0 bridgehead atoms. The predicted molar refractivity (Wildman–Crippen MR) is 68.7 cm³/mol. The van der Waals surface area contributed by atoms with Crippen LogP contribution in [0.25, 0.3) is 0 Å². The fourth-order valence-electron chi connectivity index (χ4n) is 2.40. The summed E-state index contributed by atoms with van der Waals surface area (Å²) in [5.41, 5.74) is 5.10. The predicted octanol–water partition coefficient (Wildman–Crippen LogP) is 2.59. The molecule has 1 saturated carbocycles. The molecule has 0 aliphatic heterocycles. The number of nitrogens with two attached hydrogens (primary N) is 1. The summed E-state index contributed by atoms with van der Waals surface area (Å²) in [6.45, 7) is 0.190. The number of alkyl halides is 3. The van der Waals surface area contributed by atoms with Crippen molar-refractivity contribution in [2.45, 2.75) is 43.9 Å². The van der Waals surface area contributed by atoms with Crippen molar-refractivity contribution in [3.8, 4) is 0 Å². The quantitative estimate of drug-likeness (QED) is 0.897. The molecule has 0 saturated heterocycles. The molecule has 20 heavy (non-hydrogen) atoms.